The molecule has 0 aliphatic carbocycles. The highest BCUT2D eigenvalue weighted by Gasteiger charge is 2.22. The van der Waals surface area contributed by atoms with Crippen LogP contribution in [0.5, 0.6) is 11.5 Å². The Hall–Kier alpha value is -3.42. The van der Waals surface area contributed by atoms with Gasteiger partial charge in [0.25, 0.3) is 20.2 Å². The Bertz CT molecular complexity index is 1530. The zero-order valence-corrected chi connectivity index (χ0v) is 19.1. The molecule has 3 rings (SSSR count). The van der Waals surface area contributed by atoms with Crippen LogP contribution in [0.1, 0.15) is 5.82 Å². The third-order valence-electron chi connectivity index (χ3n) is 3.70. The summed E-state index contributed by atoms with van der Waals surface area (Å²) >= 11 is 11.6. The number of tetrazole rings is 1. The van der Waals surface area contributed by atoms with E-state index >= 15 is 0 Å². The minimum atomic E-state index is -4.86. The predicted octanol–water partition coefficient (Wildman–Crippen LogP) is 1.97. The number of amidine groups is 1. The number of anilines is 1. The number of hydrazone groups is 1. The molecule has 20 heteroatoms. The largest absolute Gasteiger partial charge is 0.504 e. The fourth-order valence-corrected chi connectivity index (χ4v) is 4.09. The highest BCUT2D eigenvalue weighted by Crippen LogP contribution is 2.37. The summed E-state index contributed by atoms with van der Waals surface area (Å²) in [6, 6.07) is 3.63. The van der Waals surface area contributed by atoms with Crippen molar-refractivity contribution in [1.29, 1.82) is 0 Å². The van der Waals surface area contributed by atoms with E-state index in [1.807, 2.05) is 0 Å². The van der Waals surface area contributed by atoms with E-state index in [-0.39, 0.29) is 15.9 Å². The molecular formula is C14H10Cl2N8O8S2. The minimum absolute atomic E-state index is 0.201. The highest BCUT2D eigenvalue weighted by molar-refractivity contribution is 7.86. The molecule has 34 heavy (non-hydrogen) atoms. The van der Waals surface area contributed by atoms with Gasteiger partial charge >= 0.3 is 0 Å². The average molecular weight is 553 g/mol. The molecule has 2 aromatic carbocycles. The van der Waals surface area contributed by atoms with Crippen LogP contribution in [0.4, 0.5) is 11.4 Å². The number of rotatable bonds is 6. The van der Waals surface area contributed by atoms with Crippen molar-refractivity contribution in [3.63, 3.8) is 0 Å². The molecular weight excluding hydrogens is 543 g/mol. The van der Waals surface area contributed by atoms with E-state index in [0.29, 0.717) is 0 Å². The molecule has 3 aromatic rings. The molecule has 16 nitrogen and oxygen atoms in total. The number of H-pyrrole nitrogens is 1. The molecule has 0 saturated heterocycles. The smallest absolute Gasteiger partial charge is 0.298 e. The second kappa shape index (κ2) is 9.44. The first-order chi connectivity index (χ1) is 15.8. The van der Waals surface area contributed by atoms with Crippen molar-refractivity contribution in [1.82, 2.24) is 20.6 Å². The van der Waals surface area contributed by atoms with Gasteiger partial charge in [-0.2, -0.15) is 22.0 Å². The molecule has 1 heterocycles. The second-order valence-electron chi connectivity index (χ2n) is 6.00. The van der Waals surface area contributed by atoms with Crippen LogP contribution >= 0.6 is 23.2 Å². The topological polar surface area (TPSA) is 253 Å². The summed E-state index contributed by atoms with van der Waals surface area (Å²) in [7, 11) is -9.71. The van der Waals surface area contributed by atoms with Crippen LogP contribution in [-0.2, 0) is 20.2 Å². The van der Waals surface area contributed by atoms with Gasteiger partial charge in [0.1, 0.15) is 21.2 Å². The van der Waals surface area contributed by atoms with E-state index in [2.05, 4.69) is 41.4 Å². The minimum Gasteiger partial charge on any atom is -0.504 e. The number of azo groups is 1. The van der Waals surface area contributed by atoms with Gasteiger partial charge in [0.15, 0.2) is 11.5 Å². The Kier molecular flexibility index (Phi) is 7.00. The van der Waals surface area contributed by atoms with Crippen LogP contribution in [0.15, 0.2) is 49.4 Å². The summed E-state index contributed by atoms with van der Waals surface area (Å²) in [5.41, 5.74) is 1.33. The predicted molar refractivity (Wildman–Crippen MR) is 115 cm³/mol. The zero-order valence-electron chi connectivity index (χ0n) is 16.0. The van der Waals surface area contributed by atoms with Gasteiger partial charge in [-0.05, 0) is 29.5 Å². The Morgan fingerprint density at radius 2 is 1.53 bits per heavy atom. The van der Waals surface area contributed by atoms with Gasteiger partial charge in [-0.15, -0.1) is 25.5 Å². The number of hydrogen-bond donors (Lipinski definition) is 6. The van der Waals surface area contributed by atoms with Crippen molar-refractivity contribution < 1.29 is 36.2 Å². The van der Waals surface area contributed by atoms with Gasteiger partial charge in [0.2, 0.25) is 11.7 Å². The first kappa shape index (κ1) is 25.2. The maximum absolute atomic E-state index is 11.4. The van der Waals surface area contributed by atoms with Crippen LogP contribution in [-0.4, -0.2) is 62.6 Å². The molecule has 0 fully saturated rings. The molecule has 0 aliphatic rings. The number of benzene rings is 2. The van der Waals surface area contributed by atoms with Gasteiger partial charge in [0.05, 0.1) is 0 Å². The Morgan fingerprint density at radius 1 is 0.941 bits per heavy atom. The van der Waals surface area contributed by atoms with Crippen molar-refractivity contribution in [2.24, 2.45) is 15.3 Å². The number of hydrogen-bond acceptors (Lipinski definition) is 12. The van der Waals surface area contributed by atoms with E-state index in [4.69, 9.17) is 23.2 Å². The van der Waals surface area contributed by atoms with Crippen molar-refractivity contribution in [2.75, 3.05) is 5.43 Å². The van der Waals surface area contributed by atoms with Crippen LogP contribution < -0.4 is 5.43 Å². The zero-order chi connectivity index (χ0) is 25.3. The molecule has 0 saturated carbocycles. The van der Waals surface area contributed by atoms with E-state index in [0.717, 1.165) is 24.3 Å². The third-order valence-corrected chi connectivity index (χ3v) is 5.87. The molecule has 0 unspecified atom stereocenters. The van der Waals surface area contributed by atoms with E-state index in [1.165, 1.54) is 0 Å². The molecule has 0 spiro atoms. The lowest BCUT2D eigenvalue weighted by molar-refractivity contribution is 0.442. The molecule has 0 bridgehead atoms. The number of nitrogens with one attached hydrogen (secondary N) is 2. The van der Waals surface area contributed by atoms with Crippen LogP contribution in [0.25, 0.3) is 0 Å². The third kappa shape index (κ3) is 5.73. The Balaban J connectivity index is 2.06. The van der Waals surface area contributed by atoms with Gasteiger partial charge in [-0.25, -0.2) is 0 Å². The summed E-state index contributed by atoms with van der Waals surface area (Å²) in [6.45, 7) is 0. The number of aromatic amines is 1. The first-order valence-electron chi connectivity index (χ1n) is 8.26. The monoisotopic (exact) mass is 552 g/mol. The number of aromatic nitrogens is 4. The molecule has 1 aromatic heterocycles. The van der Waals surface area contributed by atoms with Crippen molar-refractivity contribution >= 4 is 60.6 Å². The van der Waals surface area contributed by atoms with E-state index in [1.54, 1.807) is 0 Å². The molecule has 0 atom stereocenters. The fourth-order valence-electron chi connectivity index (χ4n) is 2.28. The van der Waals surface area contributed by atoms with Gasteiger partial charge in [0, 0.05) is 10.0 Å². The lowest BCUT2D eigenvalue weighted by Crippen LogP contribution is -2.05. The number of phenols is 2. The fraction of sp³-hybridized carbons (Fsp3) is 0. The molecule has 180 valence electrons. The molecule has 0 radical (unpaired) electrons. The second-order valence-corrected chi connectivity index (χ2v) is 9.66. The van der Waals surface area contributed by atoms with Crippen LogP contribution in [0.3, 0.4) is 0 Å². The van der Waals surface area contributed by atoms with E-state index in [9.17, 15) is 36.2 Å². The molecule has 6 N–H and O–H groups in total. The highest BCUT2D eigenvalue weighted by atomic mass is 35.5. The number of halogens is 2. The van der Waals surface area contributed by atoms with Crippen LogP contribution in [0, 0.1) is 0 Å². The summed E-state index contributed by atoms with van der Waals surface area (Å²) in [5.74, 6) is -2.72. The Labute approximate surface area is 199 Å². The maximum Gasteiger partial charge on any atom is 0.298 e. The van der Waals surface area contributed by atoms with E-state index < -0.39 is 58.7 Å². The van der Waals surface area contributed by atoms with Gasteiger partial charge < -0.3 is 10.2 Å². The van der Waals surface area contributed by atoms with Crippen molar-refractivity contribution in [2.45, 2.75) is 9.79 Å². The molecule has 0 amide bonds. The summed E-state index contributed by atoms with van der Waals surface area (Å²) in [6.07, 6.45) is 0. The number of nitrogens with zero attached hydrogens (tertiary/aromatic N) is 6. The quantitative estimate of drug-likeness (QED) is 0.0640. The Morgan fingerprint density at radius 3 is 2.09 bits per heavy atom. The number of aromatic hydroxyl groups is 2. The SMILES string of the molecule is O=S(=O)(O)c1cc(Cl)cc(N=N/C(=N/Nc2cc(Cl)cc(S(=O)(=O)O)c2O)c2nn[nH]n2)c1O. The maximum atomic E-state index is 11.4. The standard InChI is InChI=1S/C14H10Cl2N8O8S2/c15-5-1-7(11(25)9(3-5)33(27,28)29)17-19-13(14-21-23-24-22-14)20-18-8-2-6(16)4-10(12(8)26)34(30,31)32/h1-4,17,25-26H,(H,27,28,29)(H,30,31,32)(H,21,22,23,24)/b19-13+,20-18?. The summed E-state index contributed by atoms with van der Waals surface area (Å²) < 4.78 is 64.0. The molecule has 0 aliphatic heterocycles. The summed E-state index contributed by atoms with van der Waals surface area (Å²) in [4.78, 5) is -1.85. The van der Waals surface area contributed by atoms with Crippen molar-refractivity contribution in [3.05, 3.63) is 40.1 Å². The lowest BCUT2D eigenvalue weighted by Gasteiger charge is -2.08. The average Bonchev–Trinajstić information content (AvgIpc) is 3.25. The van der Waals surface area contributed by atoms with Crippen molar-refractivity contribution in [3.8, 4) is 11.5 Å². The summed E-state index contributed by atoms with van der Waals surface area (Å²) in [5, 5.41) is 43.4. The van der Waals surface area contributed by atoms with Crippen LogP contribution in [0.2, 0.25) is 10.0 Å². The van der Waals surface area contributed by atoms with Gasteiger partial charge in [-0.3, -0.25) is 14.5 Å². The normalized spacial score (nSPS) is 12.9. The van der Waals surface area contributed by atoms with Gasteiger partial charge in [-0.1, -0.05) is 23.2 Å². The lowest BCUT2D eigenvalue weighted by atomic mass is 10.3. The first-order valence-corrected chi connectivity index (χ1v) is 11.9. The number of phenolic OH excluding ortho intramolecular Hbond substituents is 2.